The Morgan fingerprint density at radius 2 is 1.49 bits per heavy atom. The zero-order valence-corrected chi connectivity index (χ0v) is 29.3. The van der Waals surface area contributed by atoms with Gasteiger partial charge in [0.1, 0.15) is 31.0 Å². The van der Waals surface area contributed by atoms with Crippen LogP contribution < -0.4 is 0 Å². The van der Waals surface area contributed by atoms with E-state index in [-0.39, 0.29) is 25.0 Å². The van der Waals surface area contributed by atoms with Crippen molar-refractivity contribution >= 4 is 41.8 Å². The summed E-state index contributed by atoms with van der Waals surface area (Å²) in [6.45, 7) is 11.2. The van der Waals surface area contributed by atoms with E-state index in [0.717, 1.165) is 27.7 Å². The Kier molecular flexibility index (Phi) is 12.1. The summed E-state index contributed by atoms with van der Waals surface area (Å²) in [5.41, 5.74) is -6.07. The van der Waals surface area contributed by atoms with E-state index >= 15 is 0 Å². The minimum atomic E-state index is -2.46. The Labute approximate surface area is 284 Å². The molecule has 2 aliphatic carbocycles. The van der Waals surface area contributed by atoms with Gasteiger partial charge in [0.05, 0.1) is 17.3 Å². The molecule has 0 aromatic heterocycles. The van der Waals surface area contributed by atoms with Crippen LogP contribution >= 0.6 is 0 Å². The van der Waals surface area contributed by atoms with Gasteiger partial charge in [-0.25, -0.2) is 0 Å². The second-order valence-corrected chi connectivity index (χ2v) is 13.1. The molecule has 10 atom stereocenters. The first-order valence-electron chi connectivity index (χ1n) is 16.1. The monoisotopic (exact) mass is 694 g/mol. The van der Waals surface area contributed by atoms with E-state index in [1.807, 2.05) is 0 Å². The molecule has 1 aliphatic heterocycles. The lowest BCUT2D eigenvalue weighted by atomic mass is 9.51. The summed E-state index contributed by atoms with van der Waals surface area (Å²) in [6, 6.07) is 0. The molecular weight excluding hydrogens is 648 g/mol. The van der Waals surface area contributed by atoms with Crippen LogP contribution in [-0.2, 0) is 66.7 Å². The molecule has 0 aromatic carbocycles. The number of carbonyl (C=O) groups excluding carboxylic acids is 7. The maximum absolute atomic E-state index is 13.3. The highest BCUT2D eigenvalue weighted by Gasteiger charge is 2.74. The fraction of sp³-hybridized carbons (Fsp3) is 0.676. The van der Waals surface area contributed by atoms with Gasteiger partial charge in [-0.15, -0.1) is 0 Å². The zero-order chi connectivity index (χ0) is 37.1. The topological polar surface area (TPSA) is 204 Å². The minimum Gasteiger partial charge on any atom is -0.462 e. The molecule has 1 saturated heterocycles. The van der Waals surface area contributed by atoms with Crippen molar-refractivity contribution in [3.05, 3.63) is 23.8 Å². The molecule has 3 aliphatic rings. The van der Waals surface area contributed by atoms with E-state index in [4.69, 9.17) is 33.2 Å². The fourth-order valence-corrected chi connectivity index (χ4v) is 7.32. The van der Waals surface area contributed by atoms with Crippen LogP contribution in [0.15, 0.2) is 23.8 Å². The first kappa shape index (κ1) is 39.2. The Morgan fingerprint density at radius 3 is 2.02 bits per heavy atom. The molecule has 15 nitrogen and oxygen atoms in total. The van der Waals surface area contributed by atoms with E-state index < -0.39 is 101 Å². The molecule has 272 valence electrons. The predicted octanol–water partition coefficient (Wildman–Crippen LogP) is 2.19. The zero-order valence-electron chi connectivity index (χ0n) is 29.3. The van der Waals surface area contributed by atoms with Crippen molar-refractivity contribution in [1.29, 1.82) is 0 Å². The van der Waals surface area contributed by atoms with Crippen molar-refractivity contribution in [1.82, 2.24) is 0 Å². The standard InChI is InChI=1S/C34H46O15/c1-10-11-28(40)47-26-15-25(45-20(5)37)32(8)24(44-19(4)36)13-12-23(16-43-18(3)35)14-27-34(42,17(2)31(41)48-27)30(46-21(6)38)29(32)33(26,9)49-22(7)39/h12-14,17,24-27,29-30,42H,10-11,15-16H2,1-9H3/b13-12-,23-14+/t17?,24-,25-,26+,27-,29+,30-,32-,33+,34-/m0/s1. The summed E-state index contributed by atoms with van der Waals surface area (Å²) in [5, 5.41) is 12.8. The second kappa shape index (κ2) is 15.1. The number of hydrogen-bond acceptors (Lipinski definition) is 15. The minimum absolute atomic E-state index is 0.0275. The van der Waals surface area contributed by atoms with Crippen LogP contribution in [0.25, 0.3) is 0 Å². The predicted molar refractivity (Wildman–Crippen MR) is 166 cm³/mol. The molecule has 1 heterocycles. The number of aliphatic hydroxyl groups is 1. The largest absolute Gasteiger partial charge is 0.462 e. The Bertz CT molecular complexity index is 1420. The third kappa shape index (κ3) is 7.97. The molecule has 2 fully saturated rings. The van der Waals surface area contributed by atoms with Crippen LogP contribution in [0.4, 0.5) is 0 Å². The molecule has 0 radical (unpaired) electrons. The number of carbonyl (C=O) groups is 7. The van der Waals surface area contributed by atoms with Gasteiger partial charge in [0.25, 0.3) is 0 Å². The molecule has 3 rings (SSSR count). The summed E-state index contributed by atoms with van der Waals surface area (Å²) in [4.78, 5) is 89.4. The fourth-order valence-electron chi connectivity index (χ4n) is 7.32. The van der Waals surface area contributed by atoms with Gasteiger partial charge in [-0.2, -0.15) is 0 Å². The van der Waals surface area contributed by atoms with Crippen molar-refractivity contribution in [2.24, 2.45) is 17.3 Å². The summed E-state index contributed by atoms with van der Waals surface area (Å²) in [5.74, 6) is -8.57. The quantitative estimate of drug-likeness (QED) is 0.271. The second-order valence-electron chi connectivity index (χ2n) is 13.1. The molecule has 1 N–H and O–H groups in total. The Morgan fingerprint density at radius 1 is 0.878 bits per heavy atom. The van der Waals surface area contributed by atoms with Gasteiger partial charge in [-0.1, -0.05) is 19.9 Å². The van der Waals surface area contributed by atoms with Crippen molar-refractivity contribution in [3.8, 4) is 0 Å². The van der Waals surface area contributed by atoms with E-state index in [9.17, 15) is 38.7 Å². The summed E-state index contributed by atoms with van der Waals surface area (Å²) in [7, 11) is 0. The number of fused-ring (bicyclic) bond motifs is 2. The average Bonchev–Trinajstić information content (AvgIpc) is 3.18. The van der Waals surface area contributed by atoms with Crippen molar-refractivity contribution in [2.45, 2.75) is 123 Å². The maximum Gasteiger partial charge on any atom is 0.312 e. The normalized spacial score (nSPS) is 37.0. The van der Waals surface area contributed by atoms with Gasteiger partial charge < -0.3 is 38.3 Å². The van der Waals surface area contributed by atoms with Crippen LogP contribution in [0, 0.1) is 17.3 Å². The SMILES string of the molecule is CCCC(=O)O[C@@H]1C[C@H](OC(C)=O)[C@]2(C)[C@@H](OC(C)=O)/C=C\C(COC(C)=O)=C/[C@@H]3OC(=O)C(C)[C@@]3(O)[C@@H](OC(C)=O)[C@H]2[C@]1(C)OC(C)=O. The highest BCUT2D eigenvalue weighted by molar-refractivity contribution is 5.78. The summed E-state index contributed by atoms with van der Waals surface area (Å²) < 4.78 is 40.4. The van der Waals surface area contributed by atoms with Gasteiger partial charge in [0.15, 0.2) is 17.3 Å². The molecule has 0 spiro atoms. The first-order valence-corrected chi connectivity index (χ1v) is 16.1. The van der Waals surface area contributed by atoms with E-state index in [0.29, 0.717) is 6.42 Å². The Balaban J connectivity index is 2.57. The first-order chi connectivity index (χ1) is 22.7. The van der Waals surface area contributed by atoms with E-state index in [1.54, 1.807) is 6.92 Å². The van der Waals surface area contributed by atoms with Crippen LogP contribution in [0.5, 0.6) is 0 Å². The number of rotatable bonds is 9. The molecule has 0 amide bonds. The lowest BCUT2D eigenvalue weighted by Gasteiger charge is -2.61. The number of hydrogen-bond donors (Lipinski definition) is 1. The third-order valence-corrected chi connectivity index (χ3v) is 9.44. The number of esters is 7. The molecular formula is C34H46O15. The smallest absolute Gasteiger partial charge is 0.312 e. The molecule has 1 unspecified atom stereocenters. The van der Waals surface area contributed by atoms with Gasteiger partial charge in [0, 0.05) is 47.5 Å². The Hall–Kier alpha value is -4.27. The van der Waals surface area contributed by atoms with Gasteiger partial charge in [0.2, 0.25) is 0 Å². The van der Waals surface area contributed by atoms with Crippen molar-refractivity contribution < 1.29 is 71.8 Å². The molecule has 15 heteroatoms. The van der Waals surface area contributed by atoms with Gasteiger partial charge in [-0.05, 0) is 38.0 Å². The highest BCUT2D eigenvalue weighted by Crippen LogP contribution is 2.59. The summed E-state index contributed by atoms with van der Waals surface area (Å²) >= 11 is 0. The molecule has 49 heavy (non-hydrogen) atoms. The third-order valence-electron chi connectivity index (χ3n) is 9.44. The maximum atomic E-state index is 13.3. The lowest BCUT2D eigenvalue weighted by Crippen LogP contribution is -2.75. The van der Waals surface area contributed by atoms with Crippen LogP contribution in [-0.4, -0.2) is 95.2 Å². The van der Waals surface area contributed by atoms with Crippen molar-refractivity contribution in [3.63, 3.8) is 0 Å². The van der Waals surface area contributed by atoms with Gasteiger partial charge in [-0.3, -0.25) is 33.6 Å². The van der Waals surface area contributed by atoms with E-state index in [2.05, 4.69) is 0 Å². The van der Waals surface area contributed by atoms with Crippen LogP contribution in [0.3, 0.4) is 0 Å². The number of ether oxygens (including phenoxy) is 7. The molecule has 1 saturated carbocycles. The highest BCUT2D eigenvalue weighted by atomic mass is 16.6. The molecule has 0 bridgehead atoms. The van der Waals surface area contributed by atoms with Crippen LogP contribution in [0.1, 0.15) is 81.6 Å². The summed E-state index contributed by atoms with van der Waals surface area (Å²) in [6.07, 6.45) is -3.34. The average molecular weight is 695 g/mol. The van der Waals surface area contributed by atoms with Crippen molar-refractivity contribution in [2.75, 3.05) is 6.61 Å². The van der Waals surface area contributed by atoms with E-state index in [1.165, 1.54) is 45.9 Å². The van der Waals surface area contributed by atoms with Gasteiger partial charge >= 0.3 is 41.8 Å². The van der Waals surface area contributed by atoms with Crippen LogP contribution in [0.2, 0.25) is 0 Å². The lowest BCUT2D eigenvalue weighted by molar-refractivity contribution is -0.290. The molecule has 0 aromatic rings.